The molecule has 9 heteroatoms. The molecule has 3 rings (SSSR count). The summed E-state index contributed by atoms with van der Waals surface area (Å²) in [5.41, 5.74) is 1.97. The first-order chi connectivity index (χ1) is 16.1. The van der Waals surface area contributed by atoms with Crippen LogP contribution in [0.3, 0.4) is 0 Å². The summed E-state index contributed by atoms with van der Waals surface area (Å²) < 4.78 is 33.5. The van der Waals surface area contributed by atoms with Gasteiger partial charge in [-0.1, -0.05) is 53.0 Å². The van der Waals surface area contributed by atoms with Gasteiger partial charge in [-0.3, -0.25) is 9.10 Å². The molecule has 34 heavy (non-hydrogen) atoms. The van der Waals surface area contributed by atoms with Crippen molar-refractivity contribution in [3.8, 4) is 5.75 Å². The molecule has 3 aromatic rings. The highest BCUT2D eigenvalue weighted by Gasteiger charge is 2.28. The Hall–Kier alpha value is -2.74. The van der Waals surface area contributed by atoms with Gasteiger partial charge in [-0.2, -0.15) is 0 Å². The van der Waals surface area contributed by atoms with Crippen molar-refractivity contribution in [1.29, 1.82) is 0 Å². The largest absolute Gasteiger partial charge is 0.494 e. The SMILES string of the molecule is CCOc1ccc(C(C)NC(=O)CN(c2cc(Cl)cc(Cl)c2)S(=O)(=O)c2ccc(C)cc2)cc1. The van der Waals surface area contributed by atoms with Gasteiger partial charge in [0.2, 0.25) is 5.91 Å². The van der Waals surface area contributed by atoms with E-state index in [0.717, 1.165) is 21.2 Å². The quantitative estimate of drug-likeness (QED) is 0.388. The molecule has 0 saturated heterocycles. The molecule has 180 valence electrons. The molecule has 0 aliphatic heterocycles. The van der Waals surface area contributed by atoms with E-state index in [0.29, 0.717) is 6.61 Å². The smallest absolute Gasteiger partial charge is 0.264 e. The number of aryl methyl sites for hydroxylation is 1. The third-order valence-electron chi connectivity index (χ3n) is 5.10. The van der Waals surface area contributed by atoms with Gasteiger partial charge in [0.15, 0.2) is 0 Å². The molecule has 1 N–H and O–H groups in total. The molecular weight excluding hydrogens is 495 g/mol. The van der Waals surface area contributed by atoms with Gasteiger partial charge in [-0.25, -0.2) is 8.42 Å². The van der Waals surface area contributed by atoms with Crippen LogP contribution in [0.25, 0.3) is 0 Å². The van der Waals surface area contributed by atoms with Gasteiger partial charge in [0.1, 0.15) is 12.3 Å². The number of halogens is 2. The Morgan fingerprint density at radius 1 is 1.00 bits per heavy atom. The maximum atomic E-state index is 13.5. The maximum absolute atomic E-state index is 13.5. The van der Waals surface area contributed by atoms with E-state index < -0.39 is 22.5 Å². The van der Waals surface area contributed by atoms with Crippen LogP contribution < -0.4 is 14.4 Å². The molecular formula is C25H26Cl2N2O4S. The standard InChI is InChI=1S/C25H26Cl2N2O4S/c1-4-33-23-9-7-19(8-10-23)18(3)28-25(30)16-29(22-14-20(26)13-21(27)15-22)34(31,32)24-11-5-17(2)6-12-24/h5-15,18H,4,16H2,1-3H3,(H,28,30). The number of benzene rings is 3. The molecule has 0 heterocycles. The van der Waals surface area contributed by atoms with E-state index in [9.17, 15) is 13.2 Å². The molecule has 0 aromatic heterocycles. The van der Waals surface area contributed by atoms with Crippen molar-refractivity contribution in [2.45, 2.75) is 31.7 Å². The Morgan fingerprint density at radius 2 is 1.59 bits per heavy atom. The summed E-state index contributed by atoms with van der Waals surface area (Å²) in [6.07, 6.45) is 0. The Kier molecular flexibility index (Phi) is 8.47. The van der Waals surface area contributed by atoms with E-state index in [1.54, 1.807) is 12.1 Å². The summed E-state index contributed by atoms with van der Waals surface area (Å²) in [4.78, 5) is 13.0. The Bertz CT molecular complexity index is 1230. The number of nitrogens with zero attached hydrogens (tertiary/aromatic N) is 1. The molecule has 6 nitrogen and oxygen atoms in total. The minimum Gasteiger partial charge on any atom is -0.494 e. The topological polar surface area (TPSA) is 75.7 Å². The summed E-state index contributed by atoms with van der Waals surface area (Å²) in [6, 6.07) is 17.8. The number of hydrogen-bond acceptors (Lipinski definition) is 4. The fourth-order valence-corrected chi connectivity index (χ4v) is 5.28. The first-order valence-corrected chi connectivity index (χ1v) is 12.9. The minimum absolute atomic E-state index is 0.0570. The molecule has 0 spiro atoms. The van der Waals surface area contributed by atoms with Crippen LogP contribution in [0, 0.1) is 6.92 Å². The zero-order valence-electron chi connectivity index (χ0n) is 19.1. The average molecular weight is 521 g/mol. The lowest BCUT2D eigenvalue weighted by atomic mass is 10.1. The molecule has 3 aromatic carbocycles. The van der Waals surface area contributed by atoms with E-state index >= 15 is 0 Å². The molecule has 1 atom stereocenters. The van der Waals surface area contributed by atoms with Gasteiger partial charge in [0.05, 0.1) is 23.2 Å². The summed E-state index contributed by atoms with van der Waals surface area (Å²) in [6.45, 7) is 5.70. The van der Waals surface area contributed by atoms with Crippen LogP contribution in [-0.4, -0.2) is 27.5 Å². The average Bonchev–Trinajstić information content (AvgIpc) is 2.77. The number of hydrogen-bond donors (Lipinski definition) is 1. The lowest BCUT2D eigenvalue weighted by Crippen LogP contribution is -2.41. The van der Waals surface area contributed by atoms with Crippen LogP contribution in [-0.2, 0) is 14.8 Å². The Morgan fingerprint density at radius 3 is 2.15 bits per heavy atom. The van der Waals surface area contributed by atoms with Crippen LogP contribution in [0.5, 0.6) is 5.75 Å². The van der Waals surface area contributed by atoms with Crippen LogP contribution in [0.4, 0.5) is 5.69 Å². The number of ether oxygens (including phenoxy) is 1. The van der Waals surface area contributed by atoms with Crippen molar-refractivity contribution < 1.29 is 17.9 Å². The van der Waals surface area contributed by atoms with Gasteiger partial charge in [-0.05, 0) is 68.8 Å². The first kappa shape index (κ1) is 25.9. The highest BCUT2D eigenvalue weighted by molar-refractivity contribution is 7.92. The molecule has 0 aliphatic carbocycles. The van der Waals surface area contributed by atoms with E-state index in [-0.39, 0.29) is 26.7 Å². The van der Waals surface area contributed by atoms with Gasteiger partial charge in [0.25, 0.3) is 10.0 Å². The number of amides is 1. The van der Waals surface area contributed by atoms with E-state index in [4.69, 9.17) is 27.9 Å². The normalized spacial score (nSPS) is 12.1. The molecule has 0 radical (unpaired) electrons. The zero-order valence-corrected chi connectivity index (χ0v) is 21.4. The highest BCUT2D eigenvalue weighted by Crippen LogP contribution is 2.30. The van der Waals surface area contributed by atoms with Crippen molar-refractivity contribution in [1.82, 2.24) is 5.32 Å². The summed E-state index contributed by atoms with van der Waals surface area (Å²) in [5.74, 6) is 0.256. The third-order valence-corrected chi connectivity index (χ3v) is 7.32. The van der Waals surface area contributed by atoms with Crippen molar-refractivity contribution in [2.75, 3.05) is 17.5 Å². The van der Waals surface area contributed by atoms with Gasteiger partial charge < -0.3 is 10.1 Å². The predicted molar refractivity (Wildman–Crippen MR) is 136 cm³/mol. The van der Waals surface area contributed by atoms with E-state index in [1.807, 2.05) is 45.0 Å². The van der Waals surface area contributed by atoms with Crippen molar-refractivity contribution in [3.63, 3.8) is 0 Å². The second kappa shape index (κ2) is 11.1. The van der Waals surface area contributed by atoms with Crippen molar-refractivity contribution in [2.24, 2.45) is 0 Å². The van der Waals surface area contributed by atoms with Crippen LogP contribution in [0.1, 0.15) is 31.0 Å². The molecule has 0 saturated carbocycles. The minimum atomic E-state index is -4.07. The van der Waals surface area contributed by atoms with Crippen molar-refractivity contribution in [3.05, 3.63) is 87.9 Å². The predicted octanol–water partition coefficient (Wildman–Crippen LogP) is 5.77. The van der Waals surface area contributed by atoms with E-state index in [1.165, 1.54) is 30.3 Å². The van der Waals surface area contributed by atoms with Crippen LogP contribution in [0.2, 0.25) is 10.0 Å². The summed E-state index contributed by atoms with van der Waals surface area (Å²) >= 11 is 12.3. The van der Waals surface area contributed by atoms with Gasteiger partial charge >= 0.3 is 0 Å². The van der Waals surface area contributed by atoms with Crippen molar-refractivity contribution >= 4 is 44.8 Å². The second-order valence-corrected chi connectivity index (χ2v) is 10.5. The number of rotatable bonds is 9. The van der Waals surface area contributed by atoms with E-state index in [2.05, 4.69) is 5.32 Å². The monoisotopic (exact) mass is 520 g/mol. The number of carbonyl (C=O) groups is 1. The first-order valence-electron chi connectivity index (χ1n) is 10.7. The number of nitrogens with one attached hydrogen (secondary N) is 1. The third kappa shape index (κ3) is 6.44. The summed E-state index contributed by atoms with van der Waals surface area (Å²) in [5, 5.41) is 3.38. The maximum Gasteiger partial charge on any atom is 0.264 e. The number of sulfonamides is 1. The lowest BCUT2D eigenvalue weighted by molar-refractivity contribution is -0.120. The van der Waals surface area contributed by atoms with Crippen LogP contribution >= 0.6 is 23.2 Å². The van der Waals surface area contributed by atoms with Gasteiger partial charge in [-0.15, -0.1) is 0 Å². The number of carbonyl (C=O) groups excluding carboxylic acids is 1. The molecule has 0 fully saturated rings. The molecule has 0 bridgehead atoms. The summed E-state index contributed by atoms with van der Waals surface area (Å²) in [7, 11) is -4.07. The molecule has 1 unspecified atom stereocenters. The fourth-order valence-electron chi connectivity index (χ4n) is 3.36. The van der Waals surface area contributed by atoms with Gasteiger partial charge in [0, 0.05) is 10.0 Å². The second-order valence-electron chi connectivity index (χ2n) is 7.74. The molecule has 0 aliphatic rings. The van der Waals surface area contributed by atoms with Crippen LogP contribution in [0.15, 0.2) is 71.6 Å². The lowest BCUT2D eigenvalue weighted by Gasteiger charge is -2.25. The Balaban J connectivity index is 1.87. The zero-order chi connectivity index (χ0) is 24.9. The highest BCUT2D eigenvalue weighted by atomic mass is 35.5. The molecule has 1 amide bonds. The Labute approximate surface area is 210 Å². The fraction of sp³-hybridized carbons (Fsp3) is 0.240. The number of anilines is 1.